The number of aliphatic carboxylic acids is 1. The summed E-state index contributed by atoms with van der Waals surface area (Å²) in [7, 11) is 0. The number of rotatable bonds is 1. The van der Waals surface area contributed by atoms with Crippen molar-refractivity contribution in [3.63, 3.8) is 0 Å². The molecule has 5 N–H and O–H groups in total. The number of aliphatic hydroxyl groups excluding tert-OH is 2. The van der Waals surface area contributed by atoms with Gasteiger partial charge in [0.25, 0.3) is 0 Å². The Hall–Kier alpha value is -0.690. The van der Waals surface area contributed by atoms with E-state index in [0.717, 1.165) is 0 Å². The topological polar surface area (TPSA) is 102 Å². The highest BCUT2D eigenvalue weighted by atomic mass is 16.4. The van der Waals surface area contributed by atoms with Gasteiger partial charge in [-0.1, -0.05) is 0 Å². The summed E-state index contributed by atoms with van der Waals surface area (Å²) in [5, 5.41) is 32.8. The molecule has 2 heterocycles. The number of aliphatic hydroxyl groups is 2. The molecule has 0 saturated carbocycles. The van der Waals surface area contributed by atoms with Crippen LogP contribution >= 0.6 is 0 Å². The molecule has 6 heteroatoms. The Labute approximate surface area is 74.6 Å². The van der Waals surface area contributed by atoms with Crippen molar-refractivity contribution in [3.05, 3.63) is 0 Å². The van der Waals surface area contributed by atoms with Gasteiger partial charge >= 0.3 is 5.97 Å². The first-order valence-electron chi connectivity index (χ1n) is 4.19. The van der Waals surface area contributed by atoms with Crippen molar-refractivity contribution in [1.29, 1.82) is 0 Å². The number of nitrogens with one attached hydrogen (secondary N) is 2. The first-order chi connectivity index (χ1) is 6.11. The Bertz CT molecular complexity index is 235. The molecule has 0 aromatic rings. The molecule has 5 atom stereocenters. The molecule has 2 aliphatic rings. The van der Waals surface area contributed by atoms with Crippen LogP contribution < -0.4 is 10.6 Å². The molecule has 0 bridgehead atoms. The lowest BCUT2D eigenvalue weighted by Crippen LogP contribution is -2.43. The Balaban J connectivity index is 2.17. The van der Waals surface area contributed by atoms with Crippen molar-refractivity contribution in [1.82, 2.24) is 10.6 Å². The van der Waals surface area contributed by atoms with Crippen LogP contribution in [-0.4, -0.2) is 46.3 Å². The fourth-order valence-corrected chi connectivity index (χ4v) is 2.18. The largest absolute Gasteiger partial charge is 0.480 e. The Morgan fingerprint density at radius 3 is 2.62 bits per heavy atom. The fraction of sp³-hybridized carbons (Fsp3) is 0.857. The van der Waals surface area contributed by atoms with Crippen LogP contribution in [0.5, 0.6) is 0 Å². The van der Waals surface area contributed by atoms with E-state index >= 15 is 0 Å². The third kappa shape index (κ3) is 1.22. The molecule has 74 valence electrons. The van der Waals surface area contributed by atoms with Gasteiger partial charge in [-0.2, -0.15) is 0 Å². The molecule has 2 aliphatic heterocycles. The summed E-state index contributed by atoms with van der Waals surface area (Å²) in [4.78, 5) is 10.7. The van der Waals surface area contributed by atoms with Crippen molar-refractivity contribution in [2.24, 2.45) is 11.8 Å². The minimum atomic E-state index is -0.984. The van der Waals surface area contributed by atoms with Gasteiger partial charge in [-0.25, -0.2) is 0 Å². The molecule has 0 amide bonds. The standard InChI is InChI=1S/C7H12N2O4/c10-5-2-1-8-4(7(12)13)3(2)6(11)9-5/h2-6,8-11H,1H2,(H,12,13). The van der Waals surface area contributed by atoms with Gasteiger partial charge in [-0.15, -0.1) is 0 Å². The maximum absolute atomic E-state index is 10.7. The zero-order valence-corrected chi connectivity index (χ0v) is 6.84. The highest BCUT2D eigenvalue weighted by Crippen LogP contribution is 2.32. The molecular weight excluding hydrogens is 176 g/mol. The van der Waals surface area contributed by atoms with Gasteiger partial charge in [0, 0.05) is 18.4 Å². The number of carboxylic acid groups (broad SMARTS) is 1. The molecule has 13 heavy (non-hydrogen) atoms. The zero-order chi connectivity index (χ0) is 9.59. The van der Waals surface area contributed by atoms with Crippen molar-refractivity contribution in [2.45, 2.75) is 18.5 Å². The number of hydrogen-bond donors (Lipinski definition) is 5. The lowest BCUT2D eigenvalue weighted by molar-refractivity contribution is -0.141. The summed E-state index contributed by atoms with van der Waals surface area (Å²) >= 11 is 0. The predicted molar refractivity (Wildman–Crippen MR) is 41.6 cm³/mol. The average molecular weight is 188 g/mol. The van der Waals surface area contributed by atoms with E-state index in [4.69, 9.17) is 5.11 Å². The minimum Gasteiger partial charge on any atom is -0.480 e. The summed E-state index contributed by atoms with van der Waals surface area (Å²) in [5.41, 5.74) is 0. The fourth-order valence-electron chi connectivity index (χ4n) is 2.18. The van der Waals surface area contributed by atoms with Crippen molar-refractivity contribution in [3.8, 4) is 0 Å². The van der Waals surface area contributed by atoms with E-state index in [1.54, 1.807) is 0 Å². The summed E-state index contributed by atoms with van der Waals surface area (Å²) < 4.78 is 0. The van der Waals surface area contributed by atoms with E-state index in [2.05, 4.69) is 10.6 Å². The second-order valence-electron chi connectivity index (χ2n) is 3.52. The molecule has 0 spiro atoms. The van der Waals surface area contributed by atoms with Gasteiger partial charge in [0.05, 0.1) is 0 Å². The Kier molecular flexibility index (Phi) is 1.99. The van der Waals surface area contributed by atoms with E-state index in [1.807, 2.05) is 0 Å². The number of hydrogen-bond acceptors (Lipinski definition) is 5. The Morgan fingerprint density at radius 1 is 1.31 bits per heavy atom. The second kappa shape index (κ2) is 2.91. The molecule has 0 radical (unpaired) electrons. The summed E-state index contributed by atoms with van der Waals surface area (Å²) in [6.07, 6.45) is -1.74. The number of fused-ring (bicyclic) bond motifs is 1. The second-order valence-corrected chi connectivity index (χ2v) is 3.52. The molecule has 5 unspecified atom stereocenters. The van der Waals surface area contributed by atoms with E-state index in [0.29, 0.717) is 6.54 Å². The quantitative estimate of drug-likeness (QED) is 0.312. The smallest absolute Gasteiger partial charge is 0.321 e. The van der Waals surface area contributed by atoms with Crippen molar-refractivity contribution >= 4 is 5.97 Å². The summed E-state index contributed by atoms with van der Waals surface area (Å²) in [5.74, 6) is -1.63. The lowest BCUT2D eigenvalue weighted by Gasteiger charge is -2.16. The van der Waals surface area contributed by atoms with Crippen LogP contribution in [0.25, 0.3) is 0 Å². The van der Waals surface area contributed by atoms with Gasteiger partial charge in [0.1, 0.15) is 18.5 Å². The van der Waals surface area contributed by atoms with E-state index in [9.17, 15) is 15.0 Å². The van der Waals surface area contributed by atoms with Crippen LogP contribution in [0.2, 0.25) is 0 Å². The minimum absolute atomic E-state index is 0.212. The highest BCUT2D eigenvalue weighted by molar-refractivity contribution is 5.74. The third-order valence-corrected chi connectivity index (χ3v) is 2.83. The van der Waals surface area contributed by atoms with Gasteiger partial charge in [0.2, 0.25) is 0 Å². The predicted octanol–water partition coefficient (Wildman–Crippen LogP) is -2.48. The molecule has 0 aromatic heterocycles. The molecular formula is C7H12N2O4. The van der Waals surface area contributed by atoms with Gasteiger partial charge in [0.15, 0.2) is 0 Å². The molecule has 0 aliphatic carbocycles. The SMILES string of the molecule is O=C(O)C1NCC2C(O)NC(O)C12. The molecule has 6 nitrogen and oxygen atoms in total. The number of carbonyl (C=O) groups is 1. The van der Waals surface area contributed by atoms with Crippen LogP contribution in [0.3, 0.4) is 0 Å². The summed E-state index contributed by atoms with van der Waals surface area (Å²) in [6, 6.07) is -0.760. The Morgan fingerprint density at radius 2 is 2.00 bits per heavy atom. The average Bonchev–Trinajstić information content (AvgIpc) is 2.55. The lowest BCUT2D eigenvalue weighted by atomic mass is 9.92. The first kappa shape index (κ1) is 8.89. The first-order valence-corrected chi connectivity index (χ1v) is 4.19. The van der Waals surface area contributed by atoms with Gasteiger partial charge in [-0.3, -0.25) is 10.1 Å². The van der Waals surface area contributed by atoms with Crippen LogP contribution in [0, 0.1) is 11.8 Å². The molecule has 2 rings (SSSR count). The highest BCUT2D eigenvalue weighted by Gasteiger charge is 2.52. The van der Waals surface area contributed by atoms with Crippen molar-refractivity contribution in [2.75, 3.05) is 6.54 Å². The zero-order valence-electron chi connectivity index (χ0n) is 6.84. The monoisotopic (exact) mass is 188 g/mol. The van der Waals surface area contributed by atoms with Gasteiger partial charge < -0.3 is 20.6 Å². The van der Waals surface area contributed by atoms with E-state index < -0.39 is 30.4 Å². The maximum atomic E-state index is 10.7. The molecule has 2 fully saturated rings. The molecule has 2 saturated heterocycles. The van der Waals surface area contributed by atoms with Crippen LogP contribution in [-0.2, 0) is 4.79 Å². The van der Waals surface area contributed by atoms with Gasteiger partial charge in [-0.05, 0) is 0 Å². The molecule has 0 aromatic carbocycles. The van der Waals surface area contributed by atoms with E-state index in [-0.39, 0.29) is 5.92 Å². The van der Waals surface area contributed by atoms with E-state index in [1.165, 1.54) is 0 Å². The van der Waals surface area contributed by atoms with Crippen LogP contribution in [0.1, 0.15) is 0 Å². The van der Waals surface area contributed by atoms with Crippen LogP contribution in [0.15, 0.2) is 0 Å². The summed E-state index contributed by atoms with van der Waals surface area (Å²) in [6.45, 7) is 0.423. The number of carboxylic acids is 1. The maximum Gasteiger partial charge on any atom is 0.321 e. The van der Waals surface area contributed by atoms with Crippen molar-refractivity contribution < 1.29 is 20.1 Å². The normalized spacial score (nSPS) is 49.2. The third-order valence-electron chi connectivity index (χ3n) is 2.83. The van der Waals surface area contributed by atoms with Crippen LogP contribution in [0.4, 0.5) is 0 Å².